The van der Waals surface area contributed by atoms with E-state index in [0.717, 1.165) is 17.4 Å². The SMILES string of the molecule is OCC(Cc1ccccc1)NCc1ccc(Br)cc1. The van der Waals surface area contributed by atoms with Crippen molar-refractivity contribution >= 4 is 15.9 Å². The van der Waals surface area contributed by atoms with Crippen LogP contribution in [-0.2, 0) is 13.0 Å². The van der Waals surface area contributed by atoms with Gasteiger partial charge in [0.2, 0.25) is 0 Å². The molecule has 100 valence electrons. The zero-order chi connectivity index (χ0) is 13.5. The zero-order valence-electron chi connectivity index (χ0n) is 10.7. The van der Waals surface area contributed by atoms with Crippen LogP contribution < -0.4 is 5.32 Å². The number of benzene rings is 2. The predicted molar refractivity (Wildman–Crippen MR) is 82.0 cm³/mol. The highest BCUT2D eigenvalue weighted by Gasteiger charge is 2.07. The van der Waals surface area contributed by atoms with Gasteiger partial charge in [-0.1, -0.05) is 58.4 Å². The van der Waals surface area contributed by atoms with E-state index < -0.39 is 0 Å². The maximum Gasteiger partial charge on any atom is 0.0587 e. The molecule has 0 aromatic heterocycles. The molecule has 0 aliphatic heterocycles. The second kappa shape index (κ2) is 7.43. The monoisotopic (exact) mass is 319 g/mol. The molecule has 0 radical (unpaired) electrons. The molecule has 2 nitrogen and oxygen atoms in total. The first-order valence-corrected chi connectivity index (χ1v) is 7.20. The molecular formula is C16H18BrNO. The molecule has 2 aromatic rings. The Kier molecular flexibility index (Phi) is 5.58. The van der Waals surface area contributed by atoms with Crippen molar-refractivity contribution in [2.45, 2.75) is 19.0 Å². The predicted octanol–water partition coefficient (Wildman–Crippen LogP) is 3.14. The fraction of sp³-hybridized carbons (Fsp3) is 0.250. The third-order valence-corrected chi connectivity index (χ3v) is 3.58. The van der Waals surface area contributed by atoms with Gasteiger partial charge in [-0.2, -0.15) is 0 Å². The summed E-state index contributed by atoms with van der Waals surface area (Å²) in [7, 11) is 0. The van der Waals surface area contributed by atoms with Gasteiger partial charge in [-0.05, 0) is 29.7 Å². The Labute approximate surface area is 122 Å². The van der Waals surface area contributed by atoms with Crippen molar-refractivity contribution in [1.29, 1.82) is 0 Å². The molecule has 2 N–H and O–H groups in total. The Hall–Kier alpha value is -1.16. The quantitative estimate of drug-likeness (QED) is 0.857. The summed E-state index contributed by atoms with van der Waals surface area (Å²) in [5.74, 6) is 0. The highest BCUT2D eigenvalue weighted by molar-refractivity contribution is 9.10. The first kappa shape index (κ1) is 14.3. The lowest BCUT2D eigenvalue weighted by Gasteiger charge is -2.16. The molecule has 2 aromatic carbocycles. The highest BCUT2D eigenvalue weighted by Crippen LogP contribution is 2.11. The van der Waals surface area contributed by atoms with Crippen LogP contribution >= 0.6 is 15.9 Å². The number of aliphatic hydroxyl groups is 1. The first-order chi connectivity index (χ1) is 9.28. The van der Waals surface area contributed by atoms with Crippen LogP contribution in [0.3, 0.4) is 0 Å². The molecule has 0 spiro atoms. The molecule has 0 heterocycles. The summed E-state index contributed by atoms with van der Waals surface area (Å²) in [4.78, 5) is 0. The summed E-state index contributed by atoms with van der Waals surface area (Å²) < 4.78 is 1.08. The van der Waals surface area contributed by atoms with Crippen molar-refractivity contribution in [3.05, 3.63) is 70.2 Å². The van der Waals surface area contributed by atoms with Gasteiger partial charge in [-0.15, -0.1) is 0 Å². The standard InChI is InChI=1S/C16H18BrNO/c17-15-8-6-14(7-9-15)11-18-16(12-19)10-13-4-2-1-3-5-13/h1-9,16,18-19H,10-12H2. The number of hydrogen-bond donors (Lipinski definition) is 2. The van der Waals surface area contributed by atoms with Crippen LogP contribution in [0.2, 0.25) is 0 Å². The van der Waals surface area contributed by atoms with Gasteiger partial charge in [0.05, 0.1) is 6.61 Å². The minimum absolute atomic E-state index is 0.0889. The molecule has 19 heavy (non-hydrogen) atoms. The molecule has 3 heteroatoms. The molecule has 1 atom stereocenters. The van der Waals surface area contributed by atoms with Crippen molar-refractivity contribution < 1.29 is 5.11 Å². The number of rotatable bonds is 6. The van der Waals surface area contributed by atoms with Crippen molar-refractivity contribution in [2.75, 3.05) is 6.61 Å². The van der Waals surface area contributed by atoms with Gasteiger partial charge >= 0.3 is 0 Å². The van der Waals surface area contributed by atoms with Gasteiger partial charge in [0.15, 0.2) is 0 Å². The molecular weight excluding hydrogens is 302 g/mol. The van der Waals surface area contributed by atoms with Crippen molar-refractivity contribution in [2.24, 2.45) is 0 Å². The lowest BCUT2D eigenvalue weighted by molar-refractivity contribution is 0.241. The molecule has 0 aliphatic carbocycles. The van der Waals surface area contributed by atoms with Crippen molar-refractivity contribution in [3.8, 4) is 0 Å². The normalized spacial score (nSPS) is 12.3. The van der Waals surface area contributed by atoms with Gasteiger partial charge in [-0.3, -0.25) is 0 Å². The van der Waals surface area contributed by atoms with Gasteiger partial charge in [0.25, 0.3) is 0 Å². The van der Waals surface area contributed by atoms with E-state index in [0.29, 0.717) is 0 Å². The van der Waals surface area contributed by atoms with Crippen LogP contribution in [0, 0.1) is 0 Å². The Balaban J connectivity index is 1.87. The van der Waals surface area contributed by atoms with E-state index in [2.05, 4.69) is 45.5 Å². The van der Waals surface area contributed by atoms with E-state index in [4.69, 9.17) is 0 Å². The van der Waals surface area contributed by atoms with Crippen LogP contribution in [-0.4, -0.2) is 17.8 Å². The van der Waals surface area contributed by atoms with Gasteiger partial charge in [0, 0.05) is 17.1 Å². The summed E-state index contributed by atoms with van der Waals surface area (Å²) in [5.41, 5.74) is 2.46. The highest BCUT2D eigenvalue weighted by atomic mass is 79.9. The lowest BCUT2D eigenvalue weighted by Crippen LogP contribution is -2.34. The van der Waals surface area contributed by atoms with Crippen molar-refractivity contribution in [1.82, 2.24) is 5.32 Å². The molecule has 0 aliphatic rings. The molecule has 1 unspecified atom stereocenters. The molecule has 0 amide bonds. The van der Waals surface area contributed by atoms with Crippen LogP contribution in [0.4, 0.5) is 0 Å². The molecule has 2 rings (SSSR count). The summed E-state index contributed by atoms with van der Waals surface area (Å²) in [6.07, 6.45) is 0.841. The fourth-order valence-electron chi connectivity index (χ4n) is 1.96. The van der Waals surface area contributed by atoms with E-state index in [9.17, 15) is 5.11 Å². The van der Waals surface area contributed by atoms with E-state index >= 15 is 0 Å². The summed E-state index contributed by atoms with van der Waals surface area (Å²) >= 11 is 3.42. The Morgan fingerprint density at radius 2 is 1.63 bits per heavy atom. The van der Waals surface area contributed by atoms with Gasteiger partial charge in [-0.25, -0.2) is 0 Å². The molecule has 0 fully saturated rings. The molecule has 0 saturated heterocycles. The van der Waals surface area contributed by atoms with E-state index in [1.54, 1.807) is 0 Å². The summed E-state index contributed by atoms with van der Waals surface area (Å²) in [6.45, 7) is 0.913. The molecule has 0 saturated carbocycles. The second-order valence-corrected chi connectivity index (χ2v) is 5.49. The fourth-order valence-corrected chi connectivity index (χ4v) is 2.23. The third-order valence-electron chi connectivity index (χ3n) is 3.05. The average Bonchev–Trinajstić information content (AvgIpc) is 2.46. The summed E-state index contributed by atoms with van der Waals surface area (Å²) in [5, 5.41) is 12.8. The maximum absolute atomic E-state index is 9.44. The lowest BCUT2D eigenvalue weighted by atomic mass is 10.1. The minimum Gasteiger partial charge on any atom is -0.395 e. The van der Waals surface area contributed by atoms with E-state index in [1.807, 2.05) is 30.3 Å². The zero-order valence-corrected chi connectivity index (χ0v) is 12.3. The Morgan fingerprint density at radius 1 is 0.947 bits per heavy atom. The number of aliphatic hydroxyl groups excluding tert-OH is 1. The Morgan fingerprint density at radius 3 is 2.26 bits per heavy atom. The number of nitrogens with one attached hydrogen (secondary N) is 1. The van der Waals surface area contributed by atoms with Crippen LogP contribution in [0.15, 0.2) is 59.1 Å². The first-order valence-electron chi connectivity index (χ1n) is 6.40. The van der Waals surface area contributed by atoms with E-state index in [-0.39, 0.29) is 12.6 Å². The molecule has 0 bridgehead atoms. The van der Waals surface area contributed by atoms with Crippen molar-refractivity contribution in [3.63, 3.8) is 0 Å². The second-order valence-electron chi connectivity index (χ2n) is 4.58. The smallest absolute Gasteiger partial charge is 0.0587 e. The minimum atomic E-state index is 0.0889. The summed E-state index contributed by atoms with van der Waals surface area (Å²) in [6, 6.07) is 18.5. The van der Waals surface area contributed by atoms with Crippen LogP contribution in [0.1, 0.15) is 11.1 Å². The Bertz CT molecular complexity index is 484. The van der Waals surface area contributed by atoms with Gasteiger partial charge in [0.1, 0.15) is 0 Å². The topological polar surface area (TPSA) is 32.3 Å². The largest absolute Gasteiger partial charge is 0.395 e. The average molecular weight is 320 g/mol. The third kappa shape index (κ3) is 4.78. The maximum atomic E-state index is 9.44. The van der Waals surface area contributed by atoms with Crippen LogP contribution in [0.25, 0.3) is 0 Å². The van der Waals surface area contributed by atoms with E-state index in [1.165, 1.54) is 11.1 Å². The number of halogens is 1. The van der Waals surface area contributed by atoms with Crippen LogP contribution in [0.5, 0.6) is 0 Å². The van der Waals surface area contributed by atoms with Gasteiger partial charge < -0.3 is 10.4 Å². The number of hydrogen-bond acceptors (Lipinski definition) is 2.